The van der Waals surface area contributed by atoms with Crippen molar-refractivity contribution in [2.24, 2.45) is 0 Å². The van der Waals surface area contributed by atoms with Gasteiger partial charge in [-0.15, -0.1) is 0 Å². The van der Waals surface area contributed by atoms with Crippen molar-refractivity contribution >= 4 is 28.5 Å². The van der Waals surface area contributed by atoms with E-state index in [0.717, 1.165) is 0 Å². The summed E-state index contributed by atoms with van der Waals surface area (Å²) in [7, 11) is 0. The van der Waals surface area contributed by atoms with Gasteiger partial charge in [-0.25, -0.2) is 4.39 Å². The number of para-hydroxylation sites is 1. The van der Waals surface area contributed by atoms with E-state index in [1.165, 1.54) is 12.1 Å². The molecule has 0 saturated heterocycles. The molecule has 0 aliphatic rings. The highest BCUT2D eigenvalue weighted by molar-refractivity contribution is 6.33. The highest BCUT2D eigenvalue weighted by atomic mass is 35.5. The van der Waals surface area contributed by atoms with Crippen LogP contribution in [-0.2, 0) is 0 Å². The number of rotatable bonds is 6. The first-order chi connectivity index (χ1) is 14.0. The molecule has 29 heavy (non-hydrogen) atoms. The van der Waals surface area contributed by atoms with Crippen molar-refractivity contribution in [1.82, 2.24) is 20.2 Å². The van der Waals surface area contributed by atoms with Crippen LogP contribution in [-0.4, -0.2) is 37.9 Å². The quantitative estimate of drug-likeness (QED) is 0.433. The minimum atomic E-state index is -0.619. The minimum Gasteiger partial charge on any atom is -0.421 e. The summed E-state index contributed by atoms with van der Waals surface area (Å²) in [5.74, 6) is -0.152. The van der Waals surface area contributed by atoms with E-state index in [-0.39, 0.29) is 18.3 Å². The first-order valence-electron chi connectivity index (χ1n) is 8.88. The molecule has 0 unspecified atom stereocenters. The van der Waals surface area contributed by atoms with Crippen LogP contribution in [0.15, 0.2) is 48.5 Å². The highest BCUT2D eigenvalue weighted by Gasteiger charge is 2.19. The molecule has 0 aliphatic carbocycles. The molecule has 0 spiro atoms. The van der Waals surface area contributed by atoms with Crippen LogP contribution < -0.4 is 10.1 Å². The Morgan fingerprint density at radius 3 is 2.69 bits per heavy atom. The number of hydrogen-bond donors (Lipinski definition) is 3. The van der Waals surface area contributed by atoms with Crippen LogP contribution in [0.1, 0.15) is 6.92 Å². The minimum absolute atomic E-state index is 0.000770. The summed E-state index contributed by atoms with van der Waals surface area (Å²) >= 11 is 6.33. The summed E-state index contributed by atoms with van der Waals surface area (Å²) in [4.78, 5) is 8.68. The maximum atomic E-state index is 13.9. The molecule has 0 radical (unpaired) electrons. The number of aromatic amines is 1. The van der Waals surface area contributed by atoms with E-state index < -0.39 is 11.9 Å². The van der Waals surface area contributed by atoms with Gasteiger partial charge in [0.15, 0.2) is 17.2 Å². The number of aliphatic hydroxyl groups is 1. The molecule has 3 N–H and O–H groups in total. The lowest BCUT2D eigenvalue weighted by molar-refractivity contribution is 0.208. The Hall–Kier alpha value is -3.23. The van der Waals surface area contributed by atoms with Crippen LogP contribution in [0, 0.1) is 5.82 Å². The lowest BCUT2D eigenvalue weighted by Crippen LogP contribution is -2.16. The van der Waals surface area contributed by atoms with Gasteiger partial charge in [0.1, 0.15) is 11.5 Å². The summed E-state index contributed by atoms with van der Waals surface area (Å²) in [6.45, 7) is 1.88. The number of anilines is 1. The zero-order valence-electron chi connectivity index (χ0n) is 15.4. The molecule has 4 rings (SSSR count). The smallest absolute Gasteiger partial charge is 0.326 e. The SMILES string of the molecule is C[C@H](O)CNc1nc(Oc2ccccc2F)nc2[nH]nc(-c3ccccc3Cl)c12. The third-order valence-electron chi connectivity index (χ3n) is 4.13. The molecule has 0 amide bonds. The molecule has 2 aromatic heterocycles. The standard InChI is InChI=1S/C20H17ClFN5O2/c1-11(28)10-23-18-16-17(12-6-2-3-7-13(12)21)26-27-19(16)25-20(24-18)29-15-9-5-4-8-14(15)22/h2-9,11,28H,10H2,1H3,(H2,23,24,25,26,27)/t11-/m0/s1. The van der Waals surface area contributed by atoms with E-state index in [2.05, 4.69) is 25.5 Å². The number of aromatic nitrogens is 4. The van der Waals surface area contributed by atoms with E-state index in [1.54, 1.807) is 25.1 Å². The molecule has 148 valence electrons. The Labute approximate surface area is 170 Å². The van der Waals surface area contributed by atoms with Crippen molar-refractivity contribution < 1.29 is 14.2 Å². The monoisotopic (exact) mass is 413 g/mol. The summed E-state index contributed by atoms with van der Waals surface area (Å²) in [5, 5.41) is 21.0. The Kier molecular flexibility index (Phi) is 5.28. The van der Waals surface area contributed by atoms with Gasteiger partial charge in [0.25, 0.3) is 0 Å². The topological polar surface area (TPSA) is 96.0 Å². The summed E-state index contributed by atoms with van der Waals surface area (Å²) in [6, 6.07) is 13.2. The van der Waals surface area contributed by atoms with Crippen LogP contribution in [0.25, 0.3) is 22.3 Å². The van der Waals surface area contributed by atoms with Crippen LogP contribution >= 0.6 is 11.6 Å². The Morgan fingerprint density at radius 1 is 1.17 bits per heavy atom. The van der Waals surface area contributed by atoms with Gasteiger partial charge in [0, 0.05) is 12.1 Å². The van der Waals surface area contributed by atoms with Crippen molar-refractivity contribution in [1.29, 1.82) is 0 Å². The van der Waals surface area contributed by atoms with Crippen molar-refractivity contribution in [3.63, 3.8) is 0 Å². The highest BCUT2D eigenvalue weighted by Crippen LogP contribution is 2.35. The molecule has 2 heterocycles. The molecule has 0 saturated carbocycles. The molecule has 1 atom stereocenters. The second-order valence-electron chi connectivity index (χ2n) is 6.39. The summed E-state index contributed by atoms with van der Waals surface area (Å²) in [5.41, 5.74) is 1.64. The molecule has 2 aromatic carbocycles. The lowest BCUT2D eigenvalue weighted by Gasteiger charge is -2.12. The van der Waals surface area contributed by atoms with Crippen molar-refractivity contribution in [3.8, 4) is 23.0 Å². The average molecular weight is 414 g/mol. The normalized spacial score (nSPS) is 12.1. The Bertz CT molecular complexity index is 1160. The fourth-order valence-corrected chi connectivity index (χ4v) is 3.03. The predicted octanol–water partition coefficient (Wildman–Crippen LogP) is 4.40. The number of fused-ring (bicyclic) bond motifs is 1. The van der Waals surface area contributed by atoms with Crippen molar-refractivity contribution in [3.05, 3.63) is 59.4 Å². The van der Waals surface area contributed by atoms with Gasteiger partial charge in [-0.1, -0.05) is 41.9 Å². The van der Waals surface area contributed by atoms with E-state index in [4.69, 9.17) is 16.3 Å². The first-order valence-corrected chi connectivity index (χ1v) is 9.26. The fourth-order valence-electron chi connectivity index (χ4n) is 2.80. The zero-order valence-corrected chi connectivity index (χ0v) is 16.1. The molecule has 9 heteroatoms. The molecule has 0 aliphatic heterocycles. The largest absolute Gasteiger partial charge is 0.421 e. The van der Waals surface area contributed by atoms with E-state index in [0.29, 0.717) is 33.1 Å². The maximum Gasteiger partial charge on any atom is 0.326 e. The number of aliphatic hydroxyl groups excluding tert-OH is 1. The zero-order chi connectivity index (χ0) is 20.4. The molecule has 4 aromatic rings. The third-order valence-corrected chi connectivity index (χ3v) is 4.46. The lowest BCUT2D eigenvalue weighted by atomic mass is 10.1. The molecular formula is C20H17ClFN5O2. The van der Waals surface area contributed by atoms with Crippen LogP contribution in [0.5, 0.6) is 11.8 Å². The number of nitrogens with zero attached hydrogens (tertiary/aromatic N) is 3. The summed E-state index contributed by atoms with van der Waals surface area (Å²) < 4.78 is 19.5. The number of H-pyrrole nitrogens is 1. The van der Waals surface area contributed by atoms with Gasteiger partial charge in [0.05, 0.1) is 16.5 Å². The van der Waals surface area contributed by atoms with E-state index in [9.17, 15) is 9.50 Å². The fraction of sp³-hybridized carbons (Fsp3) is 0.150. The number of halogens is 2. The maximum absolute atomic E-state index is 13.9. The van der Waals surface area contributed by atoms with E-state index >= 15 is 0 Å². The molecule has 0 fully saturated rings. The van der Waals surface area contributed by atoms with Gasteiger partial charge >= 0.3 is 6.01 Å². The molecule has 0 bridgehead atoms. The van der Waals surface area contributed by atoms with Crippen LogP contribution in [0.3, 0.4) is 0 Å². The van der Waals surface area contributed by atoms with Crippen LogP contribution in [0.2, 0.25) is 5.02 Å². The van der Waals surface area contributed by atoms with Gasteiger partial charge in [-0.2, -0.15) is 15.1 Å². The second-order valence-corrected chi connectivity index (χ2v) is 6.80. The number of ether oxygens (including phenoxy) is 1. The predicted molar refractivity (Wildman–Crippen MR) is 109 cm³/mol. The third kappa shape index (κ3) is 3.98. The van der Waals surface area contributed by atoms with Gasteiger partial charge in [0.2, 0.25) is 0 Å². The average Bonchev–Trinajstić information content (AvgIpc) is 3.12. The number of benzene rings is 2. The Balaban J connectivity index is 1.83. The van der Waals surface area contributed by atoms with Gasteiger partial charge in [-0.3, -0.25) is 5.10 Å². The van der Waals surface area contributed by atoms with Crippen molar-refractivity contribution in [2.45, 2.75) is 13.0 Å². The van der Waals surface area contributed by atoms with Crippen molar-refractivity contribution in [2.75, 3.05) is 11.9 Å². The van der Waals surface area contributed by atoms with Gasteiger partial charge in [-0.05, 0) is 25.1 Å². The number of nitrogens with one attached hydrogen (secondary N) is 2. The van der Waals surface area contributed by atoms with E-state index in [1.807, 2.05) is 18.2 Å². The molecular weight excluding hydrogens is 397 g/mol. The second kappa shape index (κ2) is 8.02. The Morgan fingerprint density at radius 2 is 1.93 bits per heavy atom. The number of hydrogen-bond acceptors (Lipinski definition) is 6. The molecule has 7 nitrogen and oxygen atoms in total. The van der Waals surface area contributed by atoms with Gasteiger partial charge < -0.3 is 15.2 Å². The first kappa shape index (κ1) is 19.1. The van der Waals surface area contributed by atoms with Crippen LogP contribution in [0.4, 0.5) is 10.2 Å². The summed E-state index contributed by atoms with van der Waals surface area (Å²) in [6.07, 6.45) is -0.619.